The molecule has 2 heteroatoms. The molecular formula is C58H40N2. The fourth-order valence-corrected chi connectivity index (χ4v) is 8.95. The lowest BCUT2D eigenvalue weighted by Crippen LogP contribution is -2.12. The van der Waals surface area contributed by atoms with Crippen LogP contribution in [0.15, 0.2) is 243 Å². The van der Waals surface area contributed by atoms with Crippen LogP contribution in [0, 0.1) is 0 Å². The Hall–Kier alpha value is -7.94. The third-order valence-electron chi connectivity index (χ3n) is 11.8. The van der Waals surface area contributed by atoms with E-state index in [1.807, 2.05) is 0 Å². The van der Waals surface area contributed by atoms with Gasteiger partial charge < -0.3 is 9.47 Å². The Morgan fingerprint density at radius 2 is 0.767 bits per heavy atom. The van der Waals surface area contributed by atoms with E-state index in [1.165, 1.54) is 49.3 Å². The lowest BCUT2D eigenvalue weighted by atomic mass is 9.94. The molecule has 0 unspecified atom stereocenters. The van der Waals surface area contributed by atoms with Gasteiger partial charge in [0, 0.05) is 33.2 Å². The number of benzene rings is 10. The van der Waals surface area contributed by atoms with E-state index in [-0.39, 0.29) is 0 Å². The summed E-state index contributed by atoms with van der Waals surface area (Å²) >= 11 is 0. The van der Waals surface area contributed by atoms with Gasteiger partial charge in [-0.1, -0.05) is 194 Å². The van der Waals surface area contributed by atoms with Gasteiger partial charge in [0.05, 0.1) is 28.1 Å². The van der Waals surface area contributed by atoms with Crippen molar-refractivity contribution in [2.45, 2.75) is 0 Å². The summed E-state index contributed by atoms with van der Waals surface area (Å²) < 4.78 is 2.42. The fraction of sp³-hybridized carbons (Fsp3) is 0. The number of rotatable bonds is 8. The molecule has 0 saturated heterocycles. The molecule has 282 valence electrons. The molecule has 0 aliphatic carbocycles. The first-order valence-electron chi connectivity index (χ1n) is 20.6. The van der Waals surface area contributed by atoms with Crippen molar-refractivity contribution < 1.29 is 0 Å². The lowest BCUT2D eigenvalue weighted by molar-refractivity contribution is 1.18. The zero-order chi connectivity index (χ0) is 39.8. The number of fused-ring (bicyclic) bond motifs is 4. The summed E-state index contributed by atoms with van der Waals surface area (Å²) in [4.78, 5) is 2.46. The number of hydrogen-bond donors (Lipinski definition) is 0. The zero-order valence-corrected chi connectivity index (χ0v) is 33.0. The maximum atomic E-state index is 2.46. The molecule has 0 N–H and O–H groups in total. The van der Waals surface area contributed by atoms with Gasteiger partial charge in [-0.15, -0.1) is 0 Å². The van der Waals surface area contributed by atoms with Gasteiger partial charge in [-0.2, -0.15) is 0 Å². The van der Waals surface area contributed by atoms with Crippen LogP contribution in [0.4, 0.5) is 17.1 Å². The van der Waals surface area contributed by atoms with Crippen molar-refractivity contribution in [1.82, 2.24) is 4.57 Å². The minimum atomic E-state index is 1.07. The minimum Gasteiger partial charge on any atom is -0.309 e. The molecule has 0 radical (unpaired) electrons. The average molecular weight is 765 g/mol. The molecule has 0 amide bonds. The molecule has 11 rings (SSSR count). The van der Waals surface area contributed by atoms with E-state index < -0.39 is 0 Å². The Morgan fingerprint density at radius 1 is 0.283 bits per heavy atom. The van der Waals surface area contributed by atoms with Crippen LogP contribution in [0.2, 0.25) is 0 Å². The zero-order valence-electron chi connectivity index (χ0n) is 33.0. The normalized spacial score (nSPS) is 11.3. The standard InChI is InChI=1S/C58H40N2/c1-3-18-42(19-4-1)49-23-9-13-27-54(49)59(58-40-47(35-38-51(58)43-20-5-2-6-21-43)46-32-31-41-17-7-8-22-45(41)39-46)48-36-33-44(34-37-48)50-24-10-14-28-55(50)60-56-29-15-11-25-52(56)53-26-12-16-30-57(53)60/h1-40H. The van der Waals surface area contributed by atoms with Crippen LogP contribution in [0.25, 0.3) is 82.8 Å². The number of anilines is 3. The molecule has 0 fully saturated rings. The summed E-state index contributed by atoms with van der Waals surface area (Å²) in [5.74, 6) is 0. The van der Waals surface area contributed by atoms with E-state index in [2.05, 4.69) is 252 Å². The van der Waals surface area contributed by atoms with Crippen molar-refractivity contribution >= 4 is 49.6 Å². The summed E-state index contributed by atoms with van der Waals surface area (Å²) in [6.45, 7) is 0. The summed E-state index contributed by atoms with van der Waals surface area (Å²) in [5, 5.41) is 4.98. The molecule has 0 bridgehead atoms. The lowest BCUT2D eigenvalue weighted by Gasteiger charge is -2.30. The van der Waals surface area contributed by atoms with E-state index in [4.69, 9.17) is 0 Å². The third-order valence-corrected chi connectivity index (χ3v) is 11.8. The summed E-state index contributed by atoms with van der Waals surface area (Å²) in [6, 6.07) is 88.0. The number of nitrogens with zero attached hydrogens (tertiary/aromatic N) is 2. The van der Waals surface area contributed by atoms with E-state index in [9.17, 15) is 0 Å². The van der Waals surface area contributed by atoms with Crippen LogP contribution in [0.3, 0.4) is 0 Å². The molecule has 0 saturated carbocycles. The molecule has 11 aromatic rings. The fourth-order valence-electron chi connectivity index (χ4n) is 8.95. The smallest absolute Gasteiger partial charge is 0.0546 e. The second-order valence-corrected chi connectivity index (χ2v) is 15.3. The molecule has 1 heterocycles. The highest BCUT2D eigenvalue weighted by atomic mass is 15.1. The largest absolute Gasteiger partial charge is 0.309 e. The summed E-state index contributed by atoms with van der Waals surface area (Å²) in [7, 11) is 0. The van der Waals surface area contributed by atoms with E-state index in [0.29, 0.717) is 0 Å². The van der Waals surface area contributed by atoms with Crippen molar-refractivity contribution in [3.8, 4) is 50.2 Å². The Bertz CT molecular complexity index is 3250. The van der Waals surface area contributed by atoms with Gasteiger partial charge in [-0.3, -0.25) is 0 Å². The molecule has 2 nitrogen and oxygen atoms in total. The molecule has 0 atom stereocenters. The Kier molecular flexibility index (Phi) is 8.87. The van der Waals surface area contributed by atoms with Gasteiger partial charge in [0.25, 0.3) is 0 Å². The van der Waals surface area contributed by atoms with Gasteiger partial charge in [0.2, 0.25) is 0 Å². The molecule has 0 spiro atoms. The highest BCUT2D eigenvalue weighted by Crippen LogP contribution is 2.47. The molecule has 0 aliphatic rings. The minimum absolute atomic E-state index is 1.07. The first-order chi connectivity index (χ1) is 29.8. The second kappa shape index (κ2) is 15.1. The number of para-hydroxylation sites is 4. The molecule has 10 aromatic carbocycles. The third kappa shape index (κ3) is 6.23. The van der Waals surface area contributed by atoms with Crippen LogP contribution < -0.4 is 4.90 Å². The van der Waals surface area contributed by atoms with Gasteiger partial charge in [-0.05, 0) is 87.1 Å². The highest BCUT2D eigenvalue weighted by molar-refractivity contribution is 6.10. The van der Waals surface area contributed by atoms with Crippen molar-refractivity contribution in [3.05, 3.63) is 243 Å². The van der Waals surface area contributed by atoms with Crippen molar-refractivity contribution in [2.24, 2.45) is 0 Å². The second-order valence-electron chi connectivity index (χ2n) is 15.3. The van der Waals surface area contributed by atoms with Crippen LogP contribution in [0.5, 0.6) is 0 Å². The molecule has 60 heavy (non-hydrogen) atoms. The van der Waals surface area contributed by atoms with Crippen molar-refractivity contribution in [2.75, 3.05) is 4.90 Å². The van der Waals surface area contributed by atoms with Gasteiger partial charge in [0.15, 0.2) is 0 Å². The first-order valence-corrected chi connectivity index (χ1v) is 20.6. The maximum Gasteiger partial charge on any atom is 0.0546 e. The van der Waals surface area contributed by atoms with Gasteiger partial charge >= 0.3 is 0 Å². The van der Waals surface area contributed by atoms with Crippen LogP contribution in [-0.2, 0) is 0 Å². The highest BCUT2D eigenvalue weighted by Gasteiger charge is 2.22. The predicted molar refractivity (Wildman–Crippen MR) is 255 cm³/mol. The van der Waals surface area contributed by atoms with Crippen molar-refractivity contribution in [1.29, 1.82) is 0 Å². The predicted octanol–water partition coefficient (Wildman–Crippen LogP) is 16.1. The van der Waals surface area contributed by atoms with Crippen LogP contribution in [0.1, 0.15) is 0 Å². The summed E-state index contributed by atoms with van der Waals surface area (Å²) in [6.07, 6.45) is 0. The number of aromatic nitrogens is 1. The Morgan fingerprint density at radius 3 is 1.47 bits per heavy atom. The first kappa shape index (κ1) is 35.2. The Labute approximate surface area is 350 Å². The quantitative estimate of drug-likeness (QED) is 0.150. The monoisotopic (exact) mass is 764 g/mol. The topological polar surface area (TPSA) is 8.17 Å². The van der Waals surface area contributed by atoms with Crippen LogP contribution >= 0.6 is 0 Å². The maximum absolute atomic E-state index is 2.46. The molecule has 0 aliphatic heterocycles. The summed E-state index contributed by atoms with van der Waals surface area (Å²) in [5.41, 5.74) is 16.2. The van der Waals surface area contributed by atoms with Gasteiger partial charge in [0.1, 0.15) is 0 Å². The van der Waals surface area contributed by atoms with E-state index in [0.717, 1.165) is 50.6 Å². The molecular weight excluding hydrogens is 725 g/mol. The van der Waals surface area contributed by atoms with E-state index in [1.54, 1.807) is 0 Å². The average Bonchev–Trinajstić information content (AvgIpc) is 3.67. The van der Waals surface area contributed by atoms with Crippen LogP contribution in [-0.4, -0.2) is 4.57 Å². The molecule has 1 aromatic heterocycles. The Balaban J connectivity index is 1.12. The van der Waals surface area contributed by atoms with E-state index >= 15 is 0 Å². The number of hydrogen-bond acceptors (Lipinski definition) is 1. The van der Waals surface area contributed by atoms with Gasteiger partial charge in [-0.25, -0.2) is 0 Å². The van der Waals surface area contributed by atoms with Crippen molar-refractivity contribution in [3.63, 3.8) is 0 Å². The SMILES string of the molecule is c1ccc(-c2ccccc2N(c2ccc(-c3ccccc3-n3c4ccccc4c4ccccc43)cc2)c2cc(-c3ccc4ccccc4c3)ccc2-c2ccccc2)cc1.